The van der Waals surface area contributed by atoms with E-state index in [0.717, 1.165) is 5.56 Å². The van der Waals surface area contributed by atoms with Gasteiger partial charge in [0.1, 0.15) is 11.7 Å². The number of hydrogen-bond donors (Lipinski definition) is 2. The van der Waals surface area contributed by atoms with Gasteiger partial charge in [-0.15, -0.1) is 0 Å². The molecule has 5 heteroatoms. The van der Waals surface area contributed by atoms with Crippen molar-refractivity contribution in [2.75, 3.05) is 6.54 Å². The van der Waals surface area contributed by atoms with Crippen molar-refractivity contribution >= 4 is 11.9 Å². The number of halogens is 1. The van der Waals surface area contributed by atoms with Crippen LogP contribution >= 0.6 is 0 Å². The molecule has 0 saturated carbocycles. The highest BCUT2D eigenvalue weighted by Gasteiger charge is 2.34. The lowest BCUT2D eigenvalue weighted by molar-refractivity contribution is -0.148. The topological polar surface area (TPSA) is 66.4 Å². The van der Waals surface area contributed by atoms with Crippen LogP contribution < -0.4 is 5.32 Å². The van der Waals surface area contributed by atoms with E-state index in [9.17, 15) is 14.0 Å². The number of hydrogen-bond acceptors (Lipinski definition) is 2. The summed E-state index contributed by atoms with van der Waals surface area (Å²) >= 11 is 0. The Morgan fingerprint density at radius 2 is 2.24 bits per heavy atom. The lowest BCUT2D eigenvalue weighted by atomic mass is 9.85. The first-order chi connectivity index (χ1) is 8.08. The maximum atomic E-state index is 13.1. The van der Waals surface area contributed by atoms with Gasteiger partial charge >= 0.3 is 5.97 Å². The van der Waals surface area contributed by atoms with Crippen molar-refractivity contribution in [2.24, 2.45) is 5.92 Å². The normalized spacial score (nSPS) is 24.2. The summed E-state index contributed by atoms with van der Waals surface area (Å²) in [7, 11) is 0. The van der Waals surface area contributed by atoms with E-state index in [0.29, 0.717) is 6.54 Å². The number of carbonyl (C=O) groups excluding carboxylic acids is 1. The molecule has 90 valence electrons. The van der Waals surface area contributed by atoms with E-state index in [4.69, 9.17) is 5.11 Å². The standard InChI is InChI=1S/C12H12FNO3/c13-9-3-1-2-7(4-9)8-5-10(12(16)17)11(15)14-6-8/h1-4,8,10H,5-6H2,(H,14,15)(H,16,17)/t8-,10+/m0/s1. The van der Waals surface area contributed by atoms with Crippen LogP contribution in [0.4, 0.5) is 4.39 Å². The Morgan fingerprint density at radius 3 is 2.88 bits per heavy atom. The average molecular weight is 237 g/mol. The van der Waals surface area contributed by atoms with Crippen LogP contribution in [0, 0.1) is 11.7 Å². The maximum absolute atomic E-state index is 13.1. The Morgan fingerprint density at radius 1 is 1.47 bits per heavy atom. The van der Waals surface area contributed by atoms with Crippen LogP contribution in [0.15, 0.2) is 24.3 Å². The smallest absolute Gasteiger partial charge is 0.316 e. The molecule has 1 aliphatic rings. The van der Waals surface area contributed by atoms with Crippen molar-refractivity contribution in [3.63, 3.8) is 0 Å². The molecular weight excluding hydrogens is 225 g/mol. The molecule has 0 bridgehead atoms. The average Bonchev–Trinajstić information content (AvgIpc) is 2.29. The molecule has 17 heavy (non-hydrogen) atoms. The van der Waals surface area contributed by atoms with E-state index in [2.05, 4.69) is 5.32 Å². The van der Waals surface area contributed by atoms with Crippen LogP contribution in [-0.4, -0.2) is 23.5 Å². The van der Waals surface area contributed by atoms with Gasteiger partial charge in [-0.2, -0.15) is 0 Å². The molecule has 1 heterocycles. The summed E-state index contributed by atoms with van der Waals surface area (Å²) in [5.74, 6) is -3.15. The van der Waals surface area contributed by atoms with Crippen LogP contribution in [0.1, 0.15) is 17.9 Å². The highest BCUT2D eigenvalue weighted by atomic mass is 19.1. The summed E-state index contributed by atoms with van der Waals surface area (Å²) in [6.07, 6.45) is 0.213. The Balaban J connectivity index is 2.18. The number of nitrogens with one attached hydrogen (secondary N) is 1. The van der Waals surface area contributed by atoms with Gasteiger partial charge in [-0.05, 0) is 24.1 Å². The number of rotatable bonds is 2. The fourth-order valence-electron chi connectivity index (χ4n) is 2.05. The van der Waals surface area contributed by atoms with Crippen LogP contribution in [0.25, 0.3) is 0 Å². The minimum absolute atomic E-state index is 0.149. The van der Waals surface area contributed by atoms with Gasteiger partial charge in [0.25, 0.3) is 0 Å². The van der Waals surface area contributed by atoms with Gasteiger partial charge in [0, 0.05) is 12.5 Å². The predicted octanol–water partition coefficient (Wildman–Crippen LogP) is 1.13. The highest BCUT2D eigenvalue weighted by molar-refractivity contribution is 5.97. The Kier molecular flexibility index (Phi) is 3.08. The van der Waals surface area contributed by atoms with Crippen LogP contribution in [-0.2, 0) is 9.59 Å². The quantitative estimate of drug-likeness (QED) is 0.758. The van der Waals surface area contributed by atoms with Crippen LogP contribution in [0.5, 0.6) is 0 Å². The molecule has 1 aliphatic heterocycles. The van der Waals surface area contributed by atoms with E-state index in [1.54, 1.807) is 12.1 Å². The lowest BCUT2D eigenvalue weighted by Crippen LogP contribution is -2.43. The zero-order valence-electron chi connectivity index (χ0n) is 9.02. The van der Waals surface area contributed by atoms with Crippen molar-refractivity contribution in [1.82, 2.24) is 5.32 Å². The van der Waals surface area contributed by atoms with Crippen molar-refractivity contribution in [3.8, 4) is 0 Å². The van der Waals surface area contributed by atoms with Crippen molar-refractivity contribution in [3.05, 3.63) is 35.6 Å². The number of carboxylic acids is 1. The van der Waals surface area contributed by atoms with Crippen LogP contribution in [0.3, 0.4) is 0 Å². The zero-order chi connectivity index (χ0) is 12.4. The molecule has 0 aromatic heterocycles. The molecule has 4 nitrogen and oxygen atoms in total. The molecule has 1 aromatic carbocycles. The third-order valence-electron chi connectivity index (χ3n) is 2.98. The summed E-state index contributed by atoms with van der Waals surface area (Å²) in [5.41, 5.74) is 0.719. The van der Waals surface area contributed by atoms with Gasteiger partial charge in [0.15, 0.2) is 0 Å². The number of amides is 1. The molecule has 2 N–H and O–H groups in total. The SMILES string of the molecule is O=C(O)[C@@H]1C[C@H](c2cccc(F)c2)CNC1=O. The molecule has 2 atom stereocenters. The number of benzene rings is 1. The minimum atomic E-state index is -1.14. The molecule has 1 aromatic rings. The van der Waals surface area contributed by atoms with Gasteiger partial charge in [0.2, 0.25) is 5.91 Å². The van der Waals surface area contributed by atoms with Gasteiger partial charge in [-0.1, -0.05) is 12.1 Å². The second-order valence-electron chi connectivity index (χ2n) is 4.12. The first kappa shape index (κ1) is 11.6. The summed E-state index contributed by atoms with van der Waals surface area (Å²) in [6.45, 7) is 0.353. The fourth-order valence-corrected chi connectivity index (χ4v) is 2.05. The van der Waals surface area contributed by atoms with Crippen molar-refractivity contribution in [1.29, 1.82) is 0 Å². The second kappa shape index (κ2) is 4.53. The Bertz CT molecular complexity index is 461. The molecule has 1 saturated heterocycles. The third kappa shape index (κ3) is 2.43. The molecule has 2 rings (SSSR count). The molecule has 1 amide bonds. The molecule has 1 fully saturated rings. The van der Waals surface area contributed by atoms with Gasteiger partial charge in [0.05, 0.1) is 0 Å². The molecule has 0 unspecified atom stereocenters. The zero-order valence-corrected chi connectivity index (χ0v) is 9.02. The maximum Gasteiger partial charge on any atom is 0.316 e. The fraction of sp³-hybridized carbons (Fsp3) is 0.333. The number of piperidine rings is 1. The van der Waals surface area contributed by atoms with E-state index in [1.807, 2.05) is 0 Å². The summed E-state index contributed by atoms with van der Waals surface area (Å²) in [4.78, 5) is 22.2. The number of carbonyl (C=O) groups is 2. The third-order valence-corrected chi connectivity index (χ3v) is 2.98. The van der Waals surface area contributed by atoms with Gasteiger partial charge < -0.3 is 10.4 Å². The van der Waals surface area contributed by atoms with E-state index in [-0.39, 0.29) is 18.2 Å². The largest absolute Gasteiger partial charge is 0.481 e. The molecular formula is C12H12FNO3. The predicted molar refractivity (Wildman–Crippen MR) is 57.9 cm³/mol. The molecule has 0 aliphatic carbocycles. The van der Waals surface area contributed by atoms with E-state index in [1.165, 1.54) is 12.1 Å². The Labute approximate surface area is 97.4 Å². The van der Waals surface area contributed by atoms with E-state index < -0.39 is 17.8 Å². The van der Waals surface area contributed by atoms with Gasteiger partial charge in [-0.25, -0.2) is 4.39 Å². The van der Waals surface area contributed by atoms with Crippen LogP contribution in [0.2, 0.25) is 0 Å². The first-order valence-corrected chi connectivity index (χ1v) is 5.34. The summed E-state index contributed by atoms with van der Waals surface area (Å²) < 4.78 is 13.1. The van der Waals surface area contributed by atoms with Gasteiger partial charge in [-0.3, -0.25) is 9.59 Å². The summed E-state index contributed by atoms with van der Waals surface area (Å²) in [5, 5.41) is 11.4. The number of carboxylic acid groups (broad SMARTS) is 1. The minimum Gasteiger partial charge on any atom is -0.481 e. The van der Waals surface area contributed by atoms with Crippen molar-refractivity contribution < 1.29 is 19.1 Å². The van der Waals surface area contributed by atoms with Crippen molar-refractivity contribution in [2.45, 2.75) is 12.3 Å². The first-order valence-electron chi connectivity index (χ1n) is 5.34. The lowest BCUT2D eigenvalue weighted by Gasteiger charge is -2.27. The monoisotopic (exact) mass is 237 g/mol. The molecule has 0 spiro atoms. The Hall–Kier alpha value is -1.91. The van der Waals surface area contributed by atoms with E-state index >= 15 is 0 Å². The second-order valence-corrected chi connectivity index (χ2v) is 4.12. The number of aliphatic carboxylic acids is 1. The highest BCUT2D eigenvalue weighted by Crippen LogP contribution is 2.27. The molecule has 0 radical (unpaired) electrons. The summed E-state index contributed by atoms with van der Waals surface area (Å²) in [6, 6.07) is 6.03.